The third-order valence-corrected chi connectivity index (χ3v) is 1.31. The summed E-state index contributed by atoms with van der Waals surface area (Å²) >= 11 is 0. The number of hydrogen-bond donors (Lipinski definition) is 3. The number of carbonyl (C=O) groups is 3. The molecule has 6 heteroatoms. The molecule has 13 heavy (non-hydrogen) atoms. The number of carboxylic acid groups (broad SMARTS) is 1. The van der Waals surface area contributed by atoms with Crippen molar-refractivity contribution in [1.29, 1.82) is 0 Å². The first-order valence-corrected chi connectivity index (χ1v) is 3.70. The van der Waals surface area contributed by atoms with Gasteiger partial charge in [-0.25, -0.2) is 0 Å². The Morgan fingerprint density at radius 3 is 2.54 bits per heavy atom. The molecule has 0 rings (SSSR count). The molecule has 0 aliphatic rings. The van der Waals surface area contributed by atoms with Crippen molar-refractivity contribution in [2.24, 2.45) is 5.73 Å². The van der Waals surface area contributed by atoms with Crippen molar-refractivity contribution in [2.45, 2.75) is 25.4 Å². The molecule has 4 N–H and O–H groups in total. The van der Waals surface area contributed by atoms with E-state index in [1.54, 1.807) is 0 Å². The molecule has 0 aromatic carbocycles. The summed E-state index contributed by atoms with van der Waals surface area (Å²) in [5.74, 6) is -1.79. The van der Waals surface area contributed by atoms with Crippen LogP contribution in [-0.2, 0) is 14.4 Å². The molecule has 0 unspecified atom stereocenters. The number of carbonyl (C=O) groups excluding carboxylic acids is 2. The molecule has 0 saturated heterocycles. The van der Waals surface area contributed by atoms with Crippen molar-refractivity contribution in [3.63, 3.8) is 0 Å². The summed E-state index contributed by atoms with van der Waals surface area (Å²) in [6.45, 7) is 1.47. The third-order valence-electron chi connectivity index (χ3n) is 1.31. The monoisotopic (exact) mass is 188 g/mol. The lowest BCUT2D eigenvalue weighted by atomic mass is 10.2. The Morgan fingerprint density at radius 2 is 2.15 bits per heavy atom. The van der Waals surface area contributed by atoms with Crippen molar-refractivity contribution in [3.05, 3.63) is 0 Å². The van der Waals surface area contributed by atoms with Gasteiger partial charge in [-0.1, -0.05) is 0 Å². The molecule has 0 aliphatic heterocycles. The highest BCUT2D eigenvalue weighted by atomic mass is 16.4. The number of aliphatic carboxylic acids is 1. The Bertz CT molecular complexity index is 217. The van der Waals surface area contributed by atoms with Crippen LogP contribution in [0, 0.1) is 0 Å². The standard InChI is InChI=1S/C7H12N2O4/c1-4(3-10)9-7(13)5(8)2-6(11)12/h3-5H,2,8H2,1H3,(H,9,13)(H,11,12)/t4-,5-/m0/s1. The molecule has 6 nitrogen and oxygen atoms in total. The minimum Gasteiger partial charge on any atom is -0.481 e. The normalized spacial score (nSPS) is 14.3. The molecule has 0 fully saturated rings. The van der Waals surface area contributed by atoms with Crippen molar-refractivity contribution in [2.75, 3.05) is 0 Å². The maximum atomic E-state index is 11.0. The smallest absolute Gasteiger partial charge is 0.305 e. The zero-order valence-electron chi connectivity index (χ0n) is 7.19. The van der Waals surface area contributed by atoms with E-state index in [0.29, 0.717) is 6.29 Å². The molecule has 74 valence electrons. The predicted molar refractivity (Wildman–Crippen MR) is 43.9 cm³/mol. The van der Waals surface area contributed by atoms with E-state index >= 15 is 0 Å². The van der Waals surface area contributed by atoms with Crippen molar-refractivity contribution >= 4 is 18.2 Å². The van der Waals surface area contributed by atoms with Crippen LogP contribution in [-0.4, -0.2) is 35.4 Å². The van der Waals surface area contributed by atoms with Crippen LogP contribution in [0.2, 0.25) is 0 Å². The Morgan fingerprint density at radius 1 is 1.62 bits per heavy atom. The first-order chi connectivity index (χ1) is 5.97. The molecule has 0 aromatic rings. The summed E-state index contributed by atoms with van der Waals surface area (Å²) in [6.07, 6.45) is 0.0861. The average Bonchev–Trinajstić information content (AvgIpc) is 2.02. The van der Waals surface area contributed by atoms with Crippen molar-refractivity contribution in [1.82, 2.24) is 5.32 Å². The van der Waals surface area contributed by atoms with Crippen molar-refractivity contribution < 1.29 is 19.5 Å². The Balaban J connectivity index is 3.95. The first kappa shape index (κ1) is 11.6. The van der Waals surface area contributed by atoms with Gasteiger partial charge < -0.3 is 21.0 Å². The average molecular weight is 188 g/mol. The second-order valence-corrected chi connectivity index (χ2v) is 2.64. The number of rotatable bonds is 5. The lowest BCUT2D eigenvalue weighted by Gasteiger charge is -2.11. The highest BCUT2D eigenvalue weighted by Crippen LogP contribution is 1.89. The highest BCUT2D eigenvalue weighted by Gasteiger charge is 2.17. The van der Waals surface area contributed by atoms with Gasteiger partial charge in [-0.3, -0.25) is 9.59 Å². The van der Waals surface area contributed by atoms with E-state index in [0.717, 1.165) is 0 Å². The van der Waals surface area contributed by atoms with Crippen LogP contribution in [0.4, 0.5) is 0 Å². The summed E-state index contributed by atoms with van der Waals surface area (Å²) < 4.78 is 0. The molecule has 0 aliphatic carbocycles. The van der Waals surface area contributed by atoms with Gasteiger partial charge in [0.1, 0.15) is 6.29 Å². The Kier molecular flexibility index (Phi) is 4.68. The van der Waals surface area contributed by atoms with Crippen LogP contribution in [0.25, 0.3) is 0 Å². The number of nitrogens with two attached hydrogens (primary N) is 1. The van der Waals surface area contributed by atoms with Crippen molar-refractivity contribution in [3.8, 4) is 0 Å². The zero-order valence-corrected chi connectivity index (χ0v) is 7.19. The van der Waals surface area contributed by atoms with Gasteiger partial charge in [0.2, 0.25) is 5.91 Å². The second kappa shape index (κ2) is 5.26. The summed E-state index contributed by atoms with van der Waals surface area (Å²) in [6, 6.07) is -1.76. The summed E-state index contributed by atoms with van der Waals surface area (Å²) in [4.78, 5) is 31.2. The number of hydrogen-bond acceptors (Lipinski definition) is 4. The minimum absolute atomic E-state index is 0.447. The molecular formula is C7H12N2O4. The van der Waals surface area contributed by atoms with E-state index in [2.05, 4.69) is 5.32 Å². The van der Waals surface area contributed by atoms with Gasteiger partial charge in [0.15, 0.2) is 0 Å². The molecule has 0 radical (unpaired) electrons. The van der Waals surface area contributed by atoms with Gasteiger partial charge in [-0.2, -0.15) is 0 Å². The largest absolute Gasteiger partial charge is 0.481 e. The van der Waals surface area contributed by atoms with E-state index < -0.39 is 30.4 Å². The topological polar surface area (TPSA) is 109 Å². The molecule has 1 amide bonds. The molecule has 0 saturated carbocycles. The van der Waals surface area contributed by atoms with Crippen LogP contribution in [0.5, 0.6) is 0 Å². The molecule has 0 spiro atoms. The maximum Gasteiger partial charge on any atom is 0.305 e. The number of aldehydes is 1. The quantitative estimate of drug-likeness (QED) is 0.454. The van der Waals surface area contributed by atoms with Crippen LogP contribution in [0.3, 0.4) is 0 Å². The predicted octanol–water partition coefficient (Wildman–Crippen LogP) is -1.51. The lowest BCUT2D eigenvalue weighted by molar-refractivity contribution is -0.139. The number of amides is 1. The van der Waals surface area contributed by atoms with E-state index in [9.17, 15) is 14.4 Å². The van der Waals surface area contributed by atoms with E-state index in [4.69, 9.17) is 10.8 Å². The van der Waals surface area contributed by atoms with Gasteiger partial charge in [0, 0.05) is 0 Å². The first-order valence-electron chi connectivity index (χ1n) is 3.70. The van der Waals surface area contributed by atoms with Gasteiger partial charge in [-0.15, -0.1) is 0 Å². The van der Waals surface area contributed by atoms with E-state index in [1.807, 2.05) is 0 Å². The lowest BCUT2D eigenvalue weighted by Crippen LogP contribution is -2.45. The van der Waals surface area contributed by atoms with E-state index in [-0.39, 0.29) is 0 Å². The molecule has 0 aromatic heterocycles. The minimum atomic E-state index is -1.15. The summed E-state index contributed by atoms with van der Waals surface area (Å²) in [7, 11) is 0. The molecule has 2 atom stereocenters. The van der Waals surface area contributed by atoms with Gasteiger partial charge in [0.05, 0.1) is 18.5 Å². The maximum absolute atomic E-state index is 11.0. The molecule has 0 bridgehead atoms. The van der Waals surface area contributed by atoms with Crippen LogP contribution >= 0.6 is 0 Å². The fourth-order valence-corrected chi connectivity index (χ4v) is 0.646. The van der Waals surface area contributed by atoms with Crippen LogP contribution < -0.4 is 11.1 Å². The van der Waals surface area contributed by atoms with Gasteiger partial charge in [-0.05, 0) is 6.92 Å². The SMILES string of the molecule is C[C@@H](C=O)NC(=O)[C@@H](N)CC(=O)O. The van der Waals surface area contributed by atoms with Crippen LogP contribution in [0.1, 0.15) is 13.3 Å². The summed E-state index contributed by atoms with van der Waals surface area (Å²) in [5, 5.41) is 10.5. The number of nitrogens with one attached hydrogen (secondary N) is 1. The Labute approximate surface area is 75.1 Å². The fraction of sp³-hybridized carbons (Fsp3) is 0.571. The Hall–Kier alpha value is -1.43. The van der Waals surface area contributed by atoms with Crippen LogP contribution in [0.15, 0.2) is 0 Å². The van der Waals surface area contributed by atoms with E-state index in [1.165, 1.54) is 6.92 Å². The zero-order chi connectivity index (χ0) is 10.4. The highest BCUT2D eigenvalue weighted by molar-refractivity contribution is 5.87. The fourth-order valence-electron chi connectivity index (χ4n) is 0.646. The molecular weight excluding hydrogens is 176 g/mol. The third kappa shape index (κ3) is 4.91. The molecule has 0 heterocycles. The second-order valence-electron chi connectivity index (χ2n) is 2.64. The van der Waals surface area contributed by atoms with Gasteiger partial charge in [0.25, 0.3) is 0 Å². The summed E-state index contributed by atoms with van der Waals surface area (Å²) in [5.41, 5.74) is 5.21. The number of carboxylic acids is 1. The van der Waals surface area contributed by atoms with Gasteiger partial charge >= 0.3 is 5.97 Å².